The Morgan fingerprint density at radius 1 is 1.15 bits per heavy atom. The fourth-order valence-electron chi connectivity index (χ4n) is 3.83. The van der Waals surface area contributed by atoms with E-state index in [1.54, 1.807) is 12.1 Å². The zero-order chi connectivity index (χ0) is 24.1. The number of halogens is 2. The predicted octanol–water partition coefficient (Wildman–Crippen LogP) is 5.52. The number of carbonyl (C=O) groups is 1. The number of hydrogen-bond donors (Lipinski definition) is 1. The maximum absolute atomic E-state index is 12.5. The number of non-ortho nitro benzene ring substituents is 1. The van der Waals surface area contributed by atoms with E-state index in [0.29, 0.717) is 22.1 Å². The van der Waals surface area contributed by atoms with Crippen molar-refractivity contribution in [2.75, 3.05) is 13.1 Å². The number of carbonyl (C=O) groups excluding carboxylic acids is 1. The topological polar surface area (TPSA) is 101 Å². The number of nitrogens with zero attached hydrogens (tertiary/aromatic N) is 3. The van der Waals surface area contributed by atoms with E-state index in [0.717, 1.165) is 37.5 Å². The zero-order valence-electron chi connectivity index (χ0n) is 18.1. The number of benzene rings is 2. The van der Waals surface area contributed by atoms with Crippen molar-refractivity contribution in [3.05, 3.63) is 86.1 Å². The van der Waals surface area contributed by atoms with Crippen molar-refractivity contribution in [2.45, 2.75) is 19.4 Å². The lowest BCUT2D eigenvalue weighted by Crippen LogP contribution is -2.39. The standard InChI is InChI=1S/C24H22Cl2N4O4/c25-18-3-1-16(2-4-18)15-29-11-9-17(10-12-29)24(31)28-27-14-20-6-8-23(34-20)21-13-19(30(32)33)5-7-22(21)26/h1-8,13-14,17H,9-12,15H2,(H,28,31)/b27-14-. The number of hydrazone groups is 1. The lowest BCUT2D eigenvalue weighted by Gasteiger charge is -2.30. The summed E-state index contributed by atoms with van der Waals surface area (Å²) in [6.07, 6.45) is 2.90. The molecule has 1 amide bonds. The maximum Gasteiger partial charge on any atom is 0.270 e. The van der Waals surface area contributed by atoms with Gasteiger partial charge in [-0.05, 0) is 61.8 Å². The van der Waals surface area contributed by atoms with Gasteiger partial charge in [-0.15, -0.1) is 0 Å². The quantitative estimate of drug-likeness (QED) is 0.261. The number of amides is 1. The Morgan fingerprint density at radius 3 is 2.59 bits per heavy atom. The zero-order valence-corrected chi connectivity index (χ0v) is 19.6. The van der Waals surface area contributed by atoms with E-state index in [9.17, 15) is 14.9 Å². The average molecular weight is 501 g/mol. The van der Waals surface area contributed by atoms with Crippen LogP contribution in [0.1, 0.15) is 24.2 Å². The third kappa shape index (κ3) is 6.02. The van der Waals surface area contributed by atoms with Crippen molar-refractivity contribution < 1.29 is 14.1 Å². The Balaban J connectivity index is 1.28. The molecule has 2 heterocycles. The highest BCUT2D eigenvalue weighted by Gasteiger charge is 2.24. The van der Waals surface area contributed by atoms with E-state index >= 15 is 0 Å². The first-order chi connectivity index (χ1) is 16.4. The summed E-state index contributed by atoms with van der Waals surface area (Å²) >= 11 is 12.1. The van der Waals surface area contributed by atoms with Crippen molar-refractivity contribution in [2.24, 2.45) is 11.0 Å². The van der Waals surface area contributed by atoms with E-state index in [-0.39, 0.29) is 17.5 Å². The first kappa shape index (κ1) is 23.9. The van der Waals surface area contributed by atoms with Crippen LogP contribution in [0.25, 0.3) is 11.3 Å². The molecule has 0 unspecified atom stereocenters. The first-order valence-corrected chi connectivity index (χ1v) is 11.5. The van der Waals surface area contributed by atoms with Crippen LogP contribution in [0.15, 0.2) is 64.1 Å². The summed E-state index contributed by atoms with van der Waals surface area (Å²) in [4.78, 5) is 25.3. The van der Waals surface area contributed by atoms with Crippen LogP contribution in [-0.2, 0) is 11.3 Å². The number of nitrogens with one attached hydrogen (secondary N) is 1. The molecule has 1 aromatic heterocycles. The molecule has 1 fully saturated rings. The number of nitro benzene ring substituents is 1. The number of hydrogen-bond acceptors (Lipinski definition) is 6. The highest BCUT2D eigenvalue weighted by atomic mass is 35.5. The monoisotopic (exact) mass is 500 g/mol. The van der Waals surface area contributed by atoms with Gasteiger partial charge >= 0.3 is 0 Å². The van der Waals surface area contributed by atoms with Gasteiger partial charge in [0, 0.05) is 35.2 Å². The van der Waals surface area contributed by atoms with Gasteiger partial charge in [0.15, 0.2) is 0 Å². The molecule has 0 atom stereocenters. The van der Waals surface area contributed by atoms with Gasteiger partial charge in [0.2, 0.25) is 5.91 Å². The Bertz CT molecular complexity index is 1200. The molecule has 0 spiro atoms. The van der Waals surface area contributed by atoms with Crippen molar-refractivity contribution in [1.29, 1.82) is 0 Å². The number of rotatable bonds is 7. The Hall–Kier alpha value is -3.20. The summed E-state index contributed by atoms with van der Waals surface area (Å²) in [6, 6.07) is 15.2. The van der Waals surface area contributed by atoms with E-state index in [4.69, 9.17) is 27.6 Å². The van der Waals surface area contributed by atoms with Crippen LogP contribution < -0.4 is 5.43 Å². The first-order valence-electron chi connectivity index (χ1n) is 10.7. The fraction of sp³-hybridized carbons (Fsp3) is 0.250. The molecule has 1 aliphatic heterocycles. The van der Waals surface area contributed by atoms with Gasteiger partial charge in [-0.3, -0.25) is 19.8 Å². The highest BCUT2D eigenvalue weighted by Crippen LogP contribution is 2.32. The van der Waals surface area contributed by atoms with Crippen molar-refractivity contribution in [1.82, 2.24) is 10.3 Å². The SMILES string of the molecule is O=C(N/N=C\c1ccc(-c2cc([N+](=O)[O-])ccc2Cl)o1)C1CCN(Cc2ccc(Cl)cc2)CC1. The molecule has 3 aromatic rings. The Morgan fingerprint density at radius 2 is 1.88 bits per heavy atom. The average Bonchev–Trinajstić information content (AvgIpc) is 3.30. The second kappa shape index (κ2) is 10.8. The largest absolute Gasteiger partial charge is 0.455 e. The summed E-state index contributed by atoms with van der Waals surface area (Å²) in [5, 5.41) is 16.1. The molecular weight excluding hydrogens is 479 g/mol. The Kier molecular flexibility index (Phi) is 7.62. The van der Waals surface area contributed by atoms with Crippen LogP contribution in [0.4, 0.5) is 5.69 Å². The molecule has 4 rings (SSSR count). The minimum Gasteiger partial charge on any atom is -0.455 e. The summed E-state index contributed by atoms with van der Waals surface area (Å²) in [5.41, 5.74) is 4.10. The van der Waals surface area contributed by atoms with Gasteiger partial charge in [-0.1, -0.05) is 35.3 Å². The fourth-order valence-corrected chi connectivity index (χ4v) is 4.17. The Labute approximate surface area is 206 Å². The number of likely N-dealkylation sites (tertiary alicyclic amines) is 1. The summed E-state index contributed by atoms with van der Waals surface area (Å²) < 4.78 is 5.67. The lowest BCUT2D eigenvalue weighted by atomic mass is 9.96. The smallest absolute Gasteiger partial charge is 0.270 e. The molecule has 0 radical (unpaired) electrons. The summed E-state index contributed by atoms with van der Waals surface area (Å²) in [7, 11) is 0. The van der Waals surface area contributed by atoms with Crippen molar-refractivity contribution in [3.8, 4) is 11.3 Å². The van der Waals surface area contributed by atoms with Crippen LogP contribution in [0.5, 0.6) is 0 Å². The summed E-state index contributed by atoms with van der Waals surface area (Å²) in [5.74, 6) is 0.524. The molecule has 10 heteroatoms. The van der Waals surface area contributed by atoms with Crippen LogP contribution in [0, 0.1) is 16.0 Å². The van der Waals surface area contributed by atoms with E-state index in [1.807, 2.05) is 24.3 Å². The molecule has 0 aliphatic carbocycles. The third-order valence-electron chi connectivity index (χ3n) is 5.70. The number of furan rings is 1. The minimum absolute atomic E-state index is 0.0857. The number of nitro groups is 1. The molecular formula is C24H22Cl2N4O4. The molecule has 8 nitrogen and oxygen atoms in total. The van der Waals surface area contributed by atoms with Crippen LogP contribution in [0.2, 0.25) is 10.0 Å². The molecule has 0 saturated carbocycles. The molecule has 1 saturated heterocycles. The van der Waals surface area contributed by atoms with Crippen molar-refractivity contribution >= 4 is 41.0 Å². The van der Waals surface area contributed by atoms with Crippen molar-refractivity contribution in [3.63, 3.8) is 0 Å². The normalized spacial score (nSPS) is 15.0. The second-order valence-electron chi connectivity index (χ2n) is 8.03. The van der Waals surface area contributed by atoms with Gasteiger partial charge < -0.3 is 4.42 Å². The van der Waals surface area contributed by atoms with Gasteiger partial charge in [0.25, 0.3) is 5.69 Å². The predicted molar refractivity (Wildman–Crippen MR) is 131 cm³/mol. The summed E-state index contributed by atoms with van der Waals surface area (Å²) in [6.45, 7) is 2.49. The second-order valence-corrected chi connectivity index (χ2v) is 8.88. The lowest BCUT2D eigenvalue weighted by molar-refractivity contribution is -0.384. The van der Waals surface area contributed by atoms with E-state index in [2.05, 4.69) is 15.4 Å². The number of piperidine rings is 1. The van der Waals surface area contributed by atoms with Gasteiger partial charge in [0.05, 0.1) is 16.2 Å². The van der Waals surface area contributed by atoms with Crippen LogP contribution in [0.3, 0.4) is 0 Å². The van der Waals surface area contributed by atoms with Gasteiger partial charge in [-0.2, -0.15) is 5.10 Å². The molecule has 1 aliphatic rings. The molecule has 2 aromatic carbocycles. The maximum atomic E-state index is 12.5. The third-order valence-corrected chi connectivity index (χ3v) is 6.28. The molecule has 1 N–H and O–H groups in total. The highest BCUT2D eigenvalue weighted by molar-refractivity contribution is 6.33. The molecule has 34 heavy (non-hydrogen) atoms. The van der Waals surface area contributed by atoms with E-state index in [1.165, 1.54) is 30.0 Å². The molecule has 176 valence electrons. The van der Waals surface area contributed by atoms with Gasteiger partial charge in [-0.25, -0.2) is 5.43 Å². The van der Waals surface area contributed by atoms with Gasteiger partial charge in [0.1, 0.15) is 11.5 Å². The molecule has 0 bridgehead atoms. The minimum atomic E-state index is -0.497. The van der Waals surface area contributed by atoms with Crippen LogP contribution in [-0.4, -0.2) is 35.0 Å². The van der Waals surface area contributed by atoms with E-state index < -0.39 is 4.92 Å². The van der Waals surface area contributed by atoms with Crippen LogP contribution >= 0.6 is 23.2 Å².